The summed E-state index contributed by atoms with van der Waals surface area (Å²) in [5.41, 5.74) is 5.61. The van der Waals surface area contributed by atoms with Crippen LogP contribution in [0.1, 0.15) is 77.1 Å². The quantitative estimate of drug-likeness (QED) is 0.101. The maximum absolute atomic E-state index is 13.6. The highest BCUT2D eigenvalue weighted by atomic mass is 32.2. The van der Waals surface area contributed by atoms with Crippen molar-refractivity contribution in [3.8, 4) is 22.5 Å². The van der Waals surface area contributed by atoms with Gasteiger partial charge in [0, 0.05) is 34.0 Å². The number of hydrogen-bond donors (Lipinski definition) is 5. The van der Waals surface area contributed by atoms with Gasteiger partial charge in [0.2, 0.25) is 11.8 Å². The number of nitrogens with one attached hydrogen (secondary N) is 5. The number of aromatic nitrogens is 4. The molecular weight excluding hydrogens is 735 g/mol. The van der Waals surface area contributed by atoms with Crippen LogP contribution in [0.4, 0.5) is 21.0 Å². The number of ether oxygens (including phenoxy) is 2. The van der Waals surface area contributed by atoms with Crippen molar-refractivity contribution in [2.24, 2.45) is 11.8 Å². The maximum Gasteiger partial charge on any atom is 0.407 e. The fourth-order valence-electron chi connectivity index (χ4n) is 7.72. The van der Waals surface area contributed by atoms with Crippen molar-refractivity contribution >= 4 is 47.1 Å². The summed E-state index contributed by atoms with van der Waals surface area (Å²) in [5, 5.41) is 9.00. The van der Waals surface area contributed by atoms with Crippen LogP contribution in [0.2, 0.25) is 0 Å². The van der Waals surface area contributed by atoms with Gasteiger partial charge in [0.25, 0.3) is 0 Å². The summed E-state index contributed by atoms with van der Waals surface area (Å²) < 4.78 is 9.53. The summed E-state index contributed by atoms with van der Waals surface area (Å²) in [6.45, 7) is 8.78. The number of alkyl carbamates (subject to hydrolysis) is 2. The zero-order valence-corrected chi connectivity index (χ0v) is 33.3. The number of H-pyrrole nitrogens is 2. The minimum absolute atomic E-state index is 0.110. The van der Waals surface area contributed by atoms with Crippen LogP contribution in [0.15, 0.2) is 58.6 Å². The second-order valence-corrected chi connectivity index (χ2v) is 16.2. The van der Waals surface area contributed by atoms with E-state index in [1.165, 1.54) is 14.2 Å². The van der Waals surface area contributed by atoms with E-state index in [9.17, 15) is 19.2 Å². The van der Waals surface area contributed by atoms with E-state index in [0.717, 1.165) is 75.2 Å². The number of carbonyl (C=O) groups excluding carboxylic acids is 4. The smallest absolute Gasteiger partial charge is 0.407 e. The van der Waals surface area contributed by atoms with E-state index in [1.54, 1.807) is 11.8 Å². The van der Waals surface area contributed by atoms with Crippen LogP contribution < -0.4 is 16.0 Å². The average Bonchev–Trinajstić information content (AvgIpc) is 4.03. The number of likely N-dealkylation sites (tertiary alicyclic amines) is 2. The Labute approximate surface area is 330 Å². The van der Waals surface area contributed by atoms with E-state index in [1.807, 2.05) is 56.0 Å². The van der Waals surface area contributed by atoms with Gasteiger partial charge in [-0.05, 0) is 61.8 Å². The van der Waals surface area contributed by atoms with Crippen LogP contribution in [0, 0.1) is 11.8 Å². The fourth-order valence-corrected chi connectivity index (χ4v) is 8.72. The molecule has 296 valence electrons. The highest BCUT2D eigenvalue weighted by molar-refractivity contribution is 7.99. The molecule has 3 aliphatic heterocycles. The summed E-state index contributed by atoms with van der Waals surface area (Å²) in [7, 11) is 2.58. The average molecular weight is 784 g/mol. The van der Waals surface area contributed by atoms with E-state index in [4.69, 9.17) is 19.4 Å². The Kier molecular flexibility index (Phi) is 11.3. The second kappa shape index (κ2) is 16.3. The number of benzene rings is 2. The first-order valence-electron chi connectivity index (χ1n) is 19.1. The lowest BCUT2D eigenvalue weighted by molar-refractivity contribution is -0.136. The molecule has 0 spiro atoms. The summed E-state index contributed by atoms with van der Waals surface area (Å²) in [4.78, 5) is 73.3. The Balaban J connectivity index is 1.03. The van der Waals surface area contributed by atoms with Gasteiger partial charge in [0.15, 0.2) is 0 Å². The highest BCUT2D eigenvalue weighted by Crippen LogP contribution is 2.47. The first kappa shape index (κ1) is 38.8. The third kappa shape index (κ3) is 7.79. The van der Waals surface area contributed by atoms with Crippen LogP contribution in [0.3, 0.4) is 0 Å². The molecule has 0 bridgehead atoms. The summed E-state index contributed by atoms with van der Waals surface area (Å²) >= 11 is 1.68. The van der Waals surface area contributed by atoms with Gasteiger partial charge in [0.1, 0.15) is 23.7 Å². The predicted molar refractivity (Wildman–Crippen MR) is 211 cm³/mol. The first-order valence-corrected chi connectivity index (χ1v) is 19.9. The Morgan fingerprint density at radius 2 is 1.21 bits per heavy atom. The molecule has 5 heterocycles. The van der Waals surface area contributed by atoms with Gasteiger partial charge in [0.05, 0.1) is 61.5 Å². The zero-order chi connectivity index (χ0) is 39.7. The summed E-state index contributed by atoms with van der Waals surface area (Å²) in [5.74, 6) is 0.928. The number of hydrogen-bond acceptors (Lipinski definition) is 10. The lowest BCUT2D eigenvalue weighted by Gasteiger charge is -2.30. The molecule has 2 aromatic heterocycles. The van der Waals surface area contributed by atoms with Crippen LogP contribution in [-0.2, 0) is 19.1 Å². The molecule has 3 aliphatic rings. The van der Waals surface area contributed by atoms with Crippen LogP contribution in [0.25, 0.3) is 22.5 Å². The zero-order valence-electron chi connectivity index (χ0n) is 32.5. The minimum atomic E-state index is -0.695. The van der Waals surface area contributed by atoms with Gasteiger partial charge in [-0.1, -0.05) is 51.6 Å². The molecule has 0 aliphatic carbocycles. The molecule has 5 N–H and O–H groups in total. The van der Waals surface area contributed by atoms with Crippen LogP contribution in [-0.4, -0.2) is 93.1 Å². The first-order chi connectivity index (χ1) is 26.9. The molecule has 4 amide bonds. The monoisotopic (exact) mass is 783 g/mol. The molecule has 4 aromatic rings. The number of carbonyl (C=O) groups is 4. The van der Waals surface area contributed by atoms with Crippen molar-refractivity contribution in [2.75, 3.05) is 32.6 Å². The molecule has 2 aromatic carbocycles. The van der Waals surface area contributed by atoms with Gasteiger partial charge >= 0.3 is 12.2 Å². The molecule has 2 fully saturated rings. The topological polar surface area (TPSA) is 187 Å². The second-order valence-electron chi connectivity index (χ2n) is 15.1. The number of aromatic amines is 2. The van der Waals surface area contributed by atoms with Crippen molar-refractivity contribution < 1.29 is 28.7 Å². The normalized spacial score (nSPS) is 18.6. The SMILES string of the molecule is COC(=O)NC(C(=O)N1CCCC1c1ncc(-c2ccc3c(c2)Nc2ccc(-c4cnc(C5CCCN5C(=O)C(NC(=O)OC)C(C)C)[nH]4)cc2S3)[nH]1)C(C)C. The maximum atomic E-state index is 13.6. The Morgan fingerprint density at radius 1 is 0.714 bits per heavy atom. The van der Waals surface area contributed by atoms with Gasteiger partial charge < -0.3 is 45.2 Å². The third-order valence-electron chi connectivity index (χ3n) is 10.7. The molecule has 7 rings (SSSR count). The molecular formula is C40H49N9O6S. The molecule has 2 saturated heterocycles. The molecule has 4 atom stereocenters. The Hall–Kier alpha value is -5.51. The molecule has 0 radical (unpaired) electrons. The van der Waals surface area contributed by atoms with Crippen molar-refractivity contribution in [1.29, 1.82) is 0 Å². The van der Waals surface area contributed by atoms with Gasteiger partial charge in [-0.15, -0.1) is 0 Å². The fraction of sp³-hybridized carbons (Fsp3) is 0.450. The number of methoxy groups -OCH3 is 2. The number of nitrogens with zero attached hydrogens (tertiary/aromatic N) is 4. The predicted octanol–water partition coefficient (Wildman–Crippen LogP) is 6.76. The summed E-state index contributed by atoms with van der Waals surface area (Å²) in [6.07, 6.45) is 5.60. The highest BCUT2D eigenvalue weighted by Gasteiger charge is 2.39. The number of anilines is 2. The van der Waals surface area contributed by atoms with E-state index in [0.29, 0.717) is 18.9 Å². The van der Waals surface area contributed by atoms with Gasteiger partial charge in [-0.2, -0.15) is 0 Å². The van der Waals surface area contributed by atoms with Crippen molar-refractivity contribution in [1.82, 2.24) is 40.4 Å². The lowest BCUT2D eigenvalue weighted by atomic mass is 10.0. The number of fused-ring (bicyclic) bond motifs is 2. The van der Waals surface area contributed by atoms with Gasteiger partial charge in [-0.3, -0.25) is 9.59 Å². The van der Waals surface area contributed by atoms with Crippen molar-refractivity contribution in [3.05, 3.63) is 60.4 Å². The summed E-state index contributed by atoms with van der Waals surface area (Å²) in [6, 6.07) is 10.7. The number of imidazole rings is 2. The molecule has 4 unspecified atom stereocenters. The largest absolute Gasteiger partial charge is 0.453 e. The number of amides is 4. The van der Waals surface area contributed by atoms with E-state index >= 15 is 0 Å². The third-order valence-corrected chi connectivity index (χ3v) is 11.9. The molecule has 56 heavy (non-hydrogen) atoms. The minimum Gasteiger partial charge on any atom is -0.453 e. The number of rotatable bonds is 10. The van der Waals surface area contributed by atoms with Gasteiger partial charge in [-0.25, -0.2) is 19.6 Å². The van der Waals surface area contributed by atoms with E-state index in [-0.39, 0.29) is 35.7 Å². The van der Waals surface area contributed by atoms with E-state index in [2.05, 4.69) is 56.3 Å². The van der Waals surface area contributed by atoms with Crippen LogP contribution >= 0.6 is 11.8 Å². The van der Waals surface area contributed by atoms with Crippen molar-refractivity contribution in [2.45, 2.75) is 87.3 Å². The standard InChI is InChI=1S/C40H49N9O6S/c1-21(2)33(46-39(52)54-5)37(50)48-15-7-9-29(48)35-41-19-27(44-35)23-12-14-31-26(17-23)43-25-13-11-24(18-32(25)56-31)28-20-42-36(45-28)30-10-8-16-49(30)38(51)34(22(3)4)47-40(53)55-6/h11-14,17-22,29-30,33-34,43H,7-10,15-16H2,1-6H3,(H,41,44)(H,42,45)(H,46,52)(H,47,53). The molecule has 0 saturated carbocycles. The Bertz CT molecular complexity index is 1970. The van der Waals surface area contributed by atoms with Crippen LogP contribution in [0.5, 0.6) is 0 Å². The molecule has 15 nitrogen and oxygen atoms in total. The molecule has 16 heteroatoms. The Morgan fingerprint density at radius 3 is 1.71 bits per heavy atom. The van der Waals surface area contributed by atoms with Crippen molar-refractivity contribution in [3.63, 3.8) is 0 Å². The van der Waals surface area contributed by atoms with E-state index < -0.39 is 24.3 Å². The lowest BCUT2D eigenvalue weighted by Crippen LogP contribution is -2.51.